The molecular weight excluding hydrogens is 295 g/mol. The zero-order valence-corrected chi connectivity index (χ0v) is 12.1. The average Bonchev–Trinajstić information content (AvgIpc) is 1.19. The molecule has 0 spiro atoms. The molecular formula is H3O6PSiVY. The summed E-state index contributed by atoms with van der Waals surface area (Å²) in [5.74, 6) is 0. The van der Waals surface area contributed by atoms with Gasteiger partial charge < -0.3 is 14.4 Å². The Kier molecular flexibility index (Phi) is 15.4. The van der Waals surface area contributed by atoms with Gasteiger partial charge in [0, 0.05) is 9.91 Å². The van der Waals surface area contributed by atoms with E-state index in [0.717, 1.165) is 0 Å². The quantitative estimate of drug-likeness (QED) is 0.330. The summed E-state index contributed by atoms with van der Waals surface area (Å²) in [6.07, 6.45) is 0. The Hall–Kier alpha value is 1.62. The van der Waals surface area contributed by atoms with Crippen LogP contribution in [-0.4, -0.2) is 9.91 Å². The van der Waals surface area contributed by atoms with Crippen molar-refractivity contribution in [1.29, 1.82) is 0 Å². The maximum absolute atomic E-state index is 9.17. The fourth-order valence-electron chi connectivity index (χ4n) is 0. The Bertz CT molecular complexity index is 152. The average molecular weight is 298 g/mol. The molecule has 56 valence electrons. The Labute approximate surface area is 90.1 Å². The van der Waals surface area contributed by atoms with Gasteiger partial charge >= 0.3 is 59.5 Å². The molecule has 0 amide bonds. The number of rotatable bonds is 0. The van der Waals surface area contributed by atoms with E-state index in [-0.39, 0.29) is 42.6 Å². The van der Waals surface area contributed by atoms with E-state index < -0.39 is 22.5 Å². The molecule has 0 fully saturated rings. The first-order chi connectivity index (χ1) is 3.73. The van der Waals surface area contributed by atoms with Gasteiger partial charge in [0.25, 0.3) is 0 Å². The second-order valence-electron chi connectivity index (χ2n) is 0.995. The van der Waals surface area contributed by atoms with Crippen molar-refractivity contribution >= 4 is 17.1 Å². The Morgan fingerprint density at radius 2 is 1.30 bits per heavy atom. The van der Waals surface area contributed by atoms with Crippen LogP contribution >= 0.6 is 7.14 Å². The van der Waals surface area contributed by atoms with Crippen molar-refractivity contribution in [2.24, 2.45) is 0 Å². The van der Waals surface area contributed by atoms with Crippen molar-refractivity contribution < 1.29 is 73.8 Å². The molecule has 0 aromatic rings. The molecule has 10 heteroatoms. The summed E-state index contributed by atoms with van der Waals surface area (Å²) >= 11 is -3.94. The van der Waals surface area contributed by atoms with Gasteiger partial charge in [-0.05, 0) is 0 Å². The number of hydrogen-bond donors (Lipinski definition) is 0. The van der Waals surface area contributed by atoms with Crippen LogP contribution in [0.15, 0.2) is 0 Å². The minimum atomic E-state index is -4.00. The normalized spacial score (nSPS) is 8.70. The molecule has 0 heterocycles. The van der Waals surface area contributed by atoms with E-state index in [2.05, 4.69) is 0 Å². The second-order valence-corrected chi connectivity index (χ2v) is 6.52. The van der Waals surface area contributed by atoms with Crippen LogP contribution in [0, 0.1) is 0 Å². The van der Waals surface area contributed by atoms with Gasteiger partial charge in [-0.1, -0.05) is 7.14 Å². The van der Waals surface area contributed by atoms with Crippen LogP contribution in [0.5, 0.6) is 0 Å². The molecule has 0 aliphatic carbocycles. The molecule has 0 aromatic carbocycles. The molecule has 0 aliphatic heterocycles. The largest absolute Gasteiger partial charge is 3.00 e. The van der Waals surface area contributed by atoms with Crippen molar-refractivity contribution in [3.8, 4) is 0 Å². The molecule has 10 heavy (non-hydrogen) atoms. The summed E-state index contributed by atoms with van der Waals surface area (Å²) in [4.78, 5) is 18.3. The van der Waals surface area contributed by atoms with E-state index in [1.165, 1.54) is 0 Å². The molecule has 0 saturated heterocycles. The van der Waals surface area contributed by atoms with E-state index in [1.807, 2.05) is 0 Å². The fraction of sp³-hybridized carbons (Fsp3) is 0. The predicted molar refractivity (Wildman–Crippen MR) is 18.9 cm³/mol. The molecule has 6 nitrogen and oxygen atoms in total. The SMILES string of the molecule is O=P([O-])([O-])[SiH3].[O]=[V](=[O])[O-].[Y+3]. The molecule has 0 radical (unpaired) electrons. The van der Waals surface area contributed by atoms with Gasteiger partial charge in [-0.3, -0.25) is 0 Å². The minimum absolute atomic E-state index is 0. The van der Waals surface area contributed by atoms with Crippen LogP contribution in [0.25, 0.3) is 0 Å². The third-order valence-electron chi connectivity index (χ3n) is 0. The molecule has 0 aromatic heterocycles. The first kappa shape index (κ1) is 17.6. The van der Waals surface area contributed by atoms with E-state index in [1.54, 1.807) is 0 Å². The molecule has 0 atom stereocenters. The standard InChI is InChI=1S/H5O3PSi.3O.V.Y/c1-4(2,3)5;;;;;/h5H3,(H2,1,2,3);;;;;/q;;;-1;;+3/p-2. The van der Waals surface area contributed by atoms with Gasteiger partial charge in [-0.2, -0.15) is 0 Å². The first-order valence-corrected chi connectivity index (χ1v) is 7.93. The van der Waals surface area contributed by atoms with E-state index >= 15 is 0 Å². The van der Waals surface area contributed by atoms with Gasteiger partial charge in [0.2, 0.25) is 0 Å². The summed E-state index contributed by atoms with van der Waals surface area (Å²) in [6, 6.07) is 0. The summed E-state index contributed by atoms with van der Waals surface area (Å²) in [5, 5.41) is 0. The Morgan fingerprint density at radius 1 is 1.30 bits per heavy atom. The third-order valence-corrected chi connectivity index (χ3v) is 0. The fourth-order valence-corrected chi connectivity index (χ4v) is 0. The monoisotopic (exact) mass is 298 g/mol. The third kappa shape index (κ3) is 274. The zero-order chi connectivity index (χ0) is 8.08. The van der Waals surface area contributed by atoms with Gasteiger partial charge in [-0.15, -0.1) is 0 Å². The molecule has 0 N–H and O–H groups in total. The van der Waals surface area contributed by atoms with Crippen LogP contribution < -0.4 is 13.8 Å². The predicted octanol–water partition coefficient (Wildman–Crippen LogP) is -4.25. The van der Waals surface area contributed by atoms with Crippen LogP contribution in [0.2, 0.25) is 0 Å². The minimum Gasteiger partial charge on any atom is 3.00 e. The van der Waals surface area contributed by atoms with Crippen molar-refractivity contribution in [2.45, 2.75) is 0 Å². The van der Waals surface area contributed by atoms with Crippen LogP contribution in [0.4, 0.5) is 0 Å². The maximum atomic E-state index is 9.17. The molecule has 0 bridgehead atoms. The van der Waals surface area contributed by atoms with Crippen molar-refractivity contribution in [2.75, 3.05) is 0 Å². The molecule has 0 unspecified atom stereocenters. The second kappa shape index (κ2) is 8.71. The van der Waals surface area contributed by atoms with E-state index in [9.17, 15) is 0 Å². The van der Waals surface area contributed by atoms with E-state index in [0.29, 0.717) is 0 Å². The van der Waals surface area contributed by atoms with Gasteiger partial charge in [0.15, 0.2) is 0 Å². The van der Waals surface area contributed by atoms with Gasteiger partial charge in [-0.25, -0.2) is 0 Å². The van der Waals surface area contributed by atoms with Crippen LogP contribution in [-0.2, 0) is 60.0 Å². The van der Waals surface area contributed by atoms with Crippen LogP contribution in [0.3, 0.4) is 0 Å². The molecule has 0 rings (SSSR count). The first-order valence-electron chi connectivity index (χ1n) is 1.54. The topological polar surface area (TPSA) is 120 Å². The van der Waals surface area contributed by atoms with E-state index in [4.69, 9.17) is 25.7 Å². The summed E-state index contributed by atoms with van der Waals surface area (Å²) < 4.78 is 34.9. The van der Waals surface area contributed by atoms with Gasteiger partial charge in [0.1, 0.15) is 0 Å². The summed E-state index contributed by atoms with van der Waals surface area (Å²) in [7, 11) is -4.25. The zero-order valence-electron chi connectivity index (χ0n) is 4.92. The van der Waals surface area contributed by atoms with Crippen molar-refractivity contribution in [3.63, 3.8) is 0 Å². The Morgan fingerprint density at radius 3 is 1.30 bits per heavy atom. The Balaban J connectivity index is -0.0000000910. The molecule has 0 saturated carbocycles. The smallest absolute Gasteiger partial charge is 3.00 e. The van der Waals surface area contributed by atoms with Crippen molar-refractivity contribution in [1.82, 2.24) is 0 Å². The summed E-state index contributed by atoms with van der Waals surface area (Å²) in [5.41, 5.74) is 0. The molecule has 0 aliphatic rings. The summed E-state index contributed by atoms with van der Waals surface area (Å²) in [6.45, 7) is 0. The van der Waals surface area contributed by atoms with Gasteiger partial charge in [0.05, 0.1) is 0 Å². The van der Waals surface area contributed by atoms with Crippen molar-refractivity contribution in [3.05, 3.63) is 0 Å². The van der Waals surface area contributed by atoms with Crippen LogP contribution in [0.1, 0.15) is 0 Å². The maximum Gasteiger partial charge on any atom is 3.00 e. The number of hydrogen-bond acceptors (Lipinski definition) is 6.